The molecule has 1 atom stereocenters. The fourth-order valence-electron chi connectivity index (χ4n) is 1.16. The van der Waals surface area contributed by atoms with Crippen LogP contribution in [0.4, 0.5) is 5.69 Å². The molecule has 0 bridgehead atoms. The number of nitrogens with zero attached hydrogens (tertiary/aromatic N) is 1. The van der Waals surface area contributed by atoms with Crippen molar-refractivity contribution in [2.24, 2.45) is 5.73 Å². The zero-order valence-corrected chi connectivity index (χ0v) is 9.29. The number of aromatic nitrogens is 1. The van der Waals surface area contributed by atoms with Gasteiger partial charge in [-0.3, -0.25) is 4.79 Å². The molecular formula is C10H14ClN3O. The van der Waals surface area contributed by atoms with Crippen LogP contribution in [0.15, 0.2) is 18.3 Å². The molecule has 5 heteroatoms. The van der Waals surface area contributed by atoms with Gasteiger partial charge in [0, 0.05) is 11.9 Å². The number of carbonyl (C=O) groups is 1. The summed E-state index contributed by atoms with van der Waals surface area (Å²) in [6, 6.07) is 2.78. The number of carbonyl (C=O) groups excluding carboxylic acids is 1. The van der Waals surface area contributed by atoms with Gasteiger partial charge in [-0.1, -0.05) is 24.9 Å². The highest BCUT2D eigenvalue weighted by Crippen LogP contribution is 2.12. The van der Waals surface area contributed by atoms with E-state index in [1.807, 2.05) is 6.92 Å². The molecule has 0 aromatic carbocycles. The third-order valence-electron chi connectivity index (χ3n) is 1.93. The van der Waals surface area contributed by atoms with E-state index in [-0.39, 0.29) is 5.91 Å². The lowest BCUT2D eigenvalue weighted by atomic mass is 10.1. The van der Waals surface area contributed by atoms with Gasteiger partial charge in [0.05, 0.1) is 6.04 Å². The van der Waals surface area contributed by atoms with Gasteiger partial charge in [0.25, 0.3) is 0 Å². The van der Waals surface area contributed by atoms with Crippen molar-refractivity contribution < 1.29 is 4.79 Å². The third kappa shape index (κ3) is 3.85. The molecule has 0 radical (unpaired) electrons. The fraction of sp³-hybridized carbons (Fsp3) is 0.400. The molecule has 3 N–H and O–H groups in total. The van der Waals surface area contributed by atoms with Crippen LogP contribution in [0.3, 0.4) is 0 Å². The molecule has 4 nitrogen and oxygen atoms in total. The molecule has 1 aromatic rings. The summed E-state index contributed by atoms with van der Waals surface area (Å²) >= 11 is 5.68. The Hall–Kier alpha value is -1.13. The molecule has 15 heavy (non-hydrogen) atoms. The zero-order chi connectivity index (χ0) is 11.3. The average molecular weight is 228 g/mol. The van der Waals surface area contributed by atoms with Crippen LogP contribution < -0.4 is 11.1 Å². The molecule has 0 fully saturated rings. The first-order chi connectivity index (χ1) is 7.13. The molecule has 0 saturated carbocycles. The minimum Gasteiger partial charge on any atom is -0.325 e. The lowest BCUT2D eigenvalue weighted by Gasteiger charge is -2.10. The molecule has 0 spiro atoms. The Morgan fingerprint density at radius 2 is 2.47 bits per heavy atom. The van der Waals surface area contributed by atoms with Gasteiger partial charge in [-0.2, -0.15) is 0 Å². The SMILES string of the molecule is CCCC(N)C(=O)Nc1ccnc(Cl)c1. The van der Waals surface area contributed by atoms with Crippen molar-refractivity contribution in [3.8, 4) is 0 Å². The van der Waals surface area contributed by atoms with Gasteiger partial charge in [0.2, 0.25) is 5.91 Å². The number of hydrogen-bond donors (Lipinski definition) is 2. The van der Waals surface area contributed by atoms with Gasteiger partial charge in [-0.05, 0) is 18.6 Å². The molecule has 82 valence electrons. The molecule has 1 rings (SSSR count). The maximum atomic E-state index is 11.5. The van der Waals surface area contributed by atoms with Crippen LogP contribution in [-0.2, 0) is 4.79 Å². The number of amides is 1. The van der Waals surface area contributed by atoms with Gasteiger partial charge in [-0.25, -0.2) is 4.98 Å². The summed E-state index contributed by atoms with van der Waals surface area (Å²) in [6.07, 6.45) is 3.08. The summed E-state index contributed by atoms with van der Waals surface area (Å²) in [7, 11) is 0. The van der Waals surface area contributed by atoms with E-state index in [0.717, 1.165) is 6.42 Å². The van der Waals surface area contributed by atoms with Crippen molar-refractivity contribution in [3.63, 3.8) is 0 Å². The third-order valence-corrected chi connectivity index (χ3v) is 2.14. The first-order valence-electron chi connectivity index (χ1n) is 4.81. The van der Waals surface area contributed by atoms with Crippen LogP contribution in [0.25, 0.3) is 0 Å². The molecule has 0 aliphatic heterocycles. The van der Waals surface area contributed by atoms with Crippen LogP contribution >= 0.6 is 11.6 Å². The monoisotopic (exact) mass is 227 g/mol. The summed E-state index contributed by atoms with van der Waals surface area (Å²) in [5, 5.41) is 3.02. The Morgan fingerprint density at radius 3 is 3.07 bits per heavy atom. The number of anilines is 1. The molecule has 1 unspecified atom stereocenters. The zero-order valence-electron chi connectivity index (χ0n) is 8.53. The summed E-state index contributed by atoms with van der Waals surface area (Å²) < 4.78 is 0. The molecule has 1 amide bonds. The molecule has 0 aliphatic carbocycles. The highest BCUT2D eigenvalue weighted by molar-refractivity contribution is 6.29. The van der Waals surface area contributed by atoms with E-state index in [9.17, 15) is 4.79 Å². The predicted molar refractivity (Wildman–Crippen MR) is 60.8 cm³/mol. The fourth-order valence-corrected chi connectivity index (χ4v) is 1.33. The molecule has 0 saturated heterocycles. The van der Waals surface area contributed by atoms with Gasteiger partial charge in [0.15, 0.2) is 0 Å². The van der Waals surface area contributed by atoms with Crippen LogP contribution in [0, 0.1) is 0 Å². The van der Waals surface area contributed by atoms with Crippen molar-refractivity contribution in [1.82, 2.24) is 4.98 Å². The van der Waals surface area contributed by atoms with Crippen molar-refractivity contribution in [3.05, 3.63) is 23.5 Å². The first-order valence-corrected chi connectivity index (χ1v) is 5.19. The lowest BCUT2D eigenvalue weighted by Crippen LogP contribution is -2.35. The Balaban J connectivity index is 2.58. The molecule has 1 heterocycles. The molecule has 0 aliphatic rings. The van der Waals surface area contributed by atoms with E-state index in [2.05, 4.69) is 10.3 Å². The van der Waals surface area contributed by atoms with Gasteiger partial charge in [-0.15, -0.1) is 0 Å². The number of pyridine rings is 1. The Labute approximate surface area is 93.8 Å². The smallest absolute Gasteiger partial charge is 0.241 e. The van der Waals surface area contributed by atoms with E-state index in [1.54, 1.807) is 12.1 Å². The summed E-state index contributed by atoms with van der Waals surface area (Å²) in [4.78, 5) is 15.3. The van der Waals surface area contributed by atoms with E-state index >= 15 is 0 Å². The standard InChI is InChI=1S/C10H14ClN3O/c1-2-3-8(12)10(15)14-7-4-5-13-9(11)6-7/h4-6,8H,2-3,12H2,1H3,(H,13,14,15). The lowest BCUT2D eigenvalue weighted by molar-refractivity contribution is -0.117. The molecule has 1 aromatic heterocycles. The van der Waals surface area contributed by atoms with Crippen LogP contribution in [0.5, 0.6) is 0 Å². The maximum absolute atomic E-state index is 11.5. The van der Waals surface area contributed by atoms with Crippen molar-refractivity contribution in [1.29, 1.82) is 0 Å². The second kappa shape index (κ2) is 5.68. The Bertz CT molecular complexity index is 343. The number of nitrogens with two attached hydrogens (primary N) is 1. The maximum Gasteiger partial charge on any atom is 0.241 e. The van der Waals surface area contributed by atoms with E-state index < -0.39 is 6.04 Å². The van der Waals surface area contributed by atoms with Crippen molar-refractivity contribution >= 4 is 23.2 Å². The summed E-state index contributed by atoms with van der Waals surface area (Å²) in [6.45, 7) is 1.98. The number of hydrogen-bond acceptors (Lipinski definition) is 3. The van der Waals surface area contributed by atoms with E-state index in [0.29, 0.717) is 17.3 Å². The second-order valence-corrected chi connectivity index (χ2v) is 3.64. The van der Waals surface area contributed by atoms with Gasteiger partial charge in [0.1, 0.15) is 5.15 Å². The summed E-state index contributed by atoms with van der Waals surface area (Å²) in [5.41, 5.74) is 6.27. The first kappa shape index (κ1) is 11.9. The average Bonchev–Trinajstić information content (AvgIpc) is 2.18. The summed E-state index contributed by atoms with van der Waals surface area (Å²) in [5.74, 6) is -0.195. The Morgan fingerprint density at radius 1 is 1.73 bits per heavy atom. The normalized spacial score (nSPS) is 12.2. The van der Waals surface area contributed by atoms with E-state index in [1.165, 1.54) is 6.20 Å². The largest absolute Gasteiger partial charge is 0.325 e. The quantitative estimate of drug-likeness (QED) is 0.771. The minimum atomic E-state index is -0.470. The predicted octanol–water partition coefficient (Wildman–Crippen LogP) is 1.80. The van der Waals surface area contributed by atoms with E-state index in [4.69, 9.17) is 17.3 Å². The topological polar surface area (TPSA) is 68.0 Å². The highest BCUT2D eigenvalue weighted by atomic mass is 35.5. The van der Waals surface area contributed by atoms with Crippen LogP contribution in [0.2, 0.25) is 5.15 Å². The number of halogens is 1. The van der Waals surface area contributed by atoms with Crippen molar-refractivity contribution in [2.75, 3.05) is 5.32 Å². The van der Waals surface area contributed by atoms with Crippen LogP contribution in [0.1, 0.15) is 19.8 Å². The van der Waals surface area contributed by atoms with Crippen molar-refractivity contribution in [2.45, 2.75) is 25.8 Å². The van der Waals surface area contributed by atoms with Crippen LogP contribution in [-0.4, -0.2) is 16.9 Å². The van der Waals surface area contributed by atoms with Gasteiger partial charge >= 0.3 is 0 Å². The number of nitrogens with one attached hydrogen (secondary N) is 1. The second-order valence-electron chi connectivity index (χ2n) is 3.25. The Kier molecular flexibility index (Phi) is 4.52. The van der Waals surface area contributed by atoms with Gasteiger partial charge < -0.3 is 11.1 Å². The number of rotatable bonds is 4. The molecular weight excluding hydrogens is 214 g/mol. The minimum absolute atomic E-state index is 0.195. The highest BCUT2D eigenvalue weighted by Gasteiger charge is 2.12.